The summed E-state index contributed by atoms with van der Waals surface area (Å²) in [6.45, 7) is -5.28. The van der Waals surface area contributed by atoms with E-state index in [2.05, 4.69) is 0 Å². The Morgan fingerprint density at radius 3 is 1.46 bits per heavy atom. The molecule has 0 aromatic heterocycles. The average Bonchev–Trinajstić information content (AvgIpc) is 3.19. The highest BCUT2D eigenvalue weighted by Gasteiger charge is 2.55. The molecular weight excluding hydrogens is 770 g/mol. The van der Waals surface area contributed by atoms with Gasteiger partial charge in [-0.2, -0.15) is 0 Å². The van der Waals surface area contributed by atoms with Gasteiger partial charge in [0, 0.05) is 0 Å². The molecule has 0 unspecified atom stereocenters. The van der Waals surface area contributed by atoms with Gasteiger partial charge in [0.15, 0.2) is 25.2 Å². The van der Waals surface area contributed by atoms with Crippen LogP contribution in [0.4, 0.5) is 0 Å². The van der Waals surface area contributed by atoms with Crippen LogP contribution in [0, 0.1) is 0 Å². The van der Waals surface area contributed by atoms with E-state index in [-0.39, 0.29) is 0 Å². The summed E-state index contributed by atoms with van der Waals surface area (Å²) in [6.07, 6.45) is -37.1. The molecule has 0 radical (unpaired) electrons. The Morgan fingerprint density at radius 2 is 0.929 bits per heavy atom. The second kappa shape index (κ2) is 21.0. The minimum atomic E-state index is -2.09. The minimum absolute atomic E-state index is 0.761. The van der Waals surface area contributed by atoms with E-state index in [4.69, 9.17) is 55.1 Å². The number of hydrogen-bond donors (Lipinski definition) is 18. The first-order chi connectivity index (χ1) is 26.5. The number of nitrogens with two attached hydrogens (primary N) is 3. The molecule has 4 rings (SSSR count). The second-order valence-electron chi connectivity index (χ2n) is 14.0. The standard InChI is InChI=1S/C30H57N3O23/c31-7(1-34)15(41)23(8(40)2-35)53-29-21(47)20(46)24(12(6-39)52-29)54-30-22(48)26(18(44)11(5-38)51-30)56-28-14(33)25(17(43)10(4-37)50-28)55-27-13(32)19(45)16(42)9(3-36)49-27/h7-30,34-48H,1-6,31-33H2/t7-,8+,9+,10+,11+,12+,13+,14+,15+,16-,17-,18-,19+,20+,21+,22+,23+,24-,25+,26-,27+,28+,29-,30+/m0/s1. The summed E-state index contributed by atoms with van der Waals surface area (Å²) in [4.78, 5) is 0. The van der Waals surface area contributed by atoms with E-state index in [9.17, 15) is 76.6 Å². The van der Waals surface area contributed by atoms with Crippen molar-refractivity contribution >= 4 is 0 Å². The summed E-state index contributed by atoms with van der Waals surface area (Å²) >= 11 is 0. The number of aliphatic hydroxyl groups excluding tert-OH is 15. The predicted molar refractivity (Wildman–Crippen MR) is 175 cm³/mol. The highest BCUT2D eigenvalue weighted by Crippen LogP contribution is 2.34. The number of hydrogen-bond acceptors (Lipinski definition) is 26. The maximum absolute atomic E-state index is 11.4. The van der Waals surface area contributed by atoms with Crippen LogP contribution < -0.4 is 17.2 Å². The normalized spacial score (nSPS) is 47.2. The molecule has 56 heavy (non-hydrogen) atoms. The molecule has 0 amide bonds. The van der Waals surface area contributed by atoms with Gasteiger partial charge in [-0.1, -0.05) is 0 Å². The van der Waals surface area contributed by atoms with Crippen molar-refractivity contribution in [2.75, 3.05) is 39.6 Å². The summed E-state index contributed by atoms with van der Waals surface area (Å²) in [6, 6.07) is -4.39. The lowest BCUT2D eigenvalue weighted by atomic mass is 9.94. The lowest BCUT2D eigenvalue weighted by Gasteiger charge is -2.49. The molecule has 26 heteroatoms. The van der Waals surface area contributed by atoms with E-state index < -0.39 is 187 Å². The molecule has 26 nitrogen and oxygen atoms in total. The van der Waals surface area contributed by atoms with Crippen LogP contribution in [-0.2, 0) is 37.9 Å². The Kier molecular flexibility index (Phi) is 17.8. The molecule has 21 N–H and O–H groups in total. The van der Waals surface area contributed by atoms with Crippen molar-refractivity contribution in [3.05, 3.63) is 0 Å². The van der Waals surface area contributed by atoms with Crippen LogP contribution in [-0.4, -0.2) is 263 Å². The van der Waals surface area contributed by atoms with E-state index in [1.54, 1.807) is 0 Å². The molecule has 24 atom stereocenters. The van der Waals surface area contributed by atoms with Crippen molar-refractivity contribution in [3.63, 3.8) is 0 Å². The lowest BCUT2D eigenvalue weighted by Crippen LogP contribution is -2.69. The molecule has 4 aliphatic heterocycles. The van der Waals surface area contributed by atoms with Crippen molar-refractivity contribution in [1.82, 2.24) is 0 Å². The van der Waals surface area contributed by atoms with Gasteiger partial charge in [0.05, 0.1) is 57.8 Å². The largest absolute Gasteiger partial charge is 0.395 e. The quantitative estimate of drug-likeness (QED) is 0.0647. The van der Waals surface area contributed by atoms with Gasteiger partial charge in [0.25, 0.3) is 0 Å². The van der Waals surface area contributed by atoms with Gasteiger partial charge in [-0.25, -0.2) is 0 Å². The zero-order chi connectivity index (χ0) is 41.8. The molecule has 0 aliphatic carbocycles. The van der Waals surface area contributed by atoms with Crippen LogP contribution in [0.15, 0.2) is 0 Å². The van der Waals surface area contributed by atoms with Gasteiger partial charge < -0.3 is 132 Å². The van der Waals surface area contributed by atoms with Crippen molar-refractivity contribution in [1.29, 1.82) is 0 Å². The minimum Gasteiger partial charge on any atom is -0.395 e. The van der Waals surface area contributed by atoms with Crippen LogP contribution in [0.1, 0.15) is 0 Å². The summed E-state index contributed by atoms with van der Waals surface area (Å²) in [5.74, 6) is 0. The van der Waals surface area contributed by atoms with E-state index in [0.29, 0.717) is 0 Å². The van der Waals surface area contributed by atoms with Gasteiger partial charge >= 0.3 is 0 Å². The Balaban J connectivity index is 1.51. The summed E-state index contributed by atoms with van der Waals surface area (Å²) < 4.78 is 44.9. The lowest BCUT2D eigenvalue weighted by molar-refractivity contribution is -0.381. The van der Waals surface area contributed by atoms with Crippen LogP contribution in [0.5, 0.6) is 0 Å². The fourth-order valence-corrected chi connectivity index (χ4v) is 6.74. The van der Waals surface area contributed by atoms with Crippen LogP contribution >= 0.6 is 0 Å². The first-order valence-electron chi connectivity index (χ1n) is 17.8. The van der Waals surface area contributed by atoms with E-state index in [1.807, 2.05) is 0 Å². The zero-order valence-corrected chi connectivity index (χ0v) is 29.8. The third-order valence-corrected chi connectivity index (χ3v) is 10.2. The molecule has 4 saturated heterocycles. The zero-order valence-electron chi connectivity index (χ0n) is 29.8. The SMILES string of the molecule is N[C@H]1[C@@H](O[C@@H]2[C@@H](N)[C@@H](O[C@H]3[C@@H](O)[C@@H](CO)O[C@H](O[C@@H]4[C@H](O)[C@@H](O)[C@H](O[C@@H]([C@H](O)[C@@H](N)CO)[C@H](O)CO)O[C@@H]4CO)[C@@H]3O)O[C@H](CO)[C@@H]2O)O[C@H](CO)[C@H](O)[C@@H]1O. The molecule has 0 aromatic carbocycles. The third kappa shape index (κ3) is 10.1. The highest BCUT2D eigenvalue weighted by molar-refractivity contribution is 5.00. The Hall–Kier alpha value is -1.04. The van der Waals surface area contributed by atoms with Crippen LogP contribution in [0.3, 0.4) is 0 Å². The molecule has 4 heterocycles. The molecule has 0 bridgehead atoms. The van der Waals surface area contributed by atoms with Gasteiger partial charge in [0.1, 0.15) is 104 Å². The second-order valence-corrected chi connectivity index (χ2v) is 14.0. The monoisotopic (exact) mass is 827 g/mol. The molecule has 4 aliphatic rings. The van der Waals surface area contributed by atoms with Crippen LogP contribution in [0.2, 0.25) is 0 Å². The third-order valence-electron chi connectivity index (χ3n) is 10.2. The fraction of sp³-hybridized carbons (Fsp3) is 1.00. The van der Waals surface area contributed by atoms with Crippen molar-refractivity contribution < 1.29 is 114 Å². The predicted octanol–water partition coefficient (Wildman–Crippen LogP) is -12.4. The first kappa shape index (κ1) is 47.6. The Morgan fingerprint density at radius 1 is 0.464 bits per heavy atom. The maximum Gasteiger partial charge on any atom is 0.187 e. The van der Waals surface area contributed by atoms with E-state index >= 15 is 0 Å². The molecule has 0 aromatic rings. The number of aliphatic hydroxyl groups is 15. The number of ether oxygens (including phenoxy) is 8. The first-order valence-corrected chi connectivity index (χ1v) is 17.8. The average molecular weight is 828 g/mol. The smallest absolute Gasteiger partial charge is 0.187 e. The molecular formula is C30H57N3O23. The van der Waals surface area contributed by atoms with Crippen LogP contribution in [0.25, 0.3) is 0 Å². The molecule has 0 spiro atoms. The highest BCUT2D eigenvalue weighted by atomic mass is 16.8. The van der Waals surface area contributed by atoms with Gasteiger partial charge in [-0.05, 0) is 0 Å². The Bertz CT molecular complexity index is 1170. The Labute approximate surface area is 318 Å². The summed E-state index contributed by atoms with van der Waals surface area (Å²) in [7, 11) is 0. The van der Waals surface area contributed by atoms with Crippen molar-refractivity contribution in [2.45, 2.75) is 147 Å². The topological polar surface area (TPSA) is 455 Å². The summed E-state index contributed by atoms with van der Waals surface area (Å²) in [5.41, 5.74) is 17.9. The van der Waals surface area contributed by atoms with Crippen molar-refractivity contribution in [3.8, 4) is 0 Å². The fourth-order valence-electron chi connectivity index (χ4n) is 6.74. The molecule has 4 fully saturated rings. The van der Waals surface area contributed by atoms with Gasteiger partial charge in [-0.3, -0.25) is 0 Å². The van der Waals surface area contributed by atoms with Gasteiger partial charge in [-0.15, -0.1) is 0 Å². The molecule has 0 saturated carbocycles. The number of rotatable bonds is 17. The molecule has 330 valence electrons. The summed E-state index contributed by atoms with van der Waals surface area (Å²) in [5, 5.41) is 155. The maximum atomic E-state index is 11.4. The van der Waals surface area contributed by atoms with Crippen molar-refractivity contribution in [2.24, 2.45) is 17.2 Å². The van der Waals surface area contributed by atoms with Gasteiger partial charge in [0.2, 0.25) is 0 Å². The van der Waals surface area contributed by atoms with E-state index in [0.717, 1.165) is 0 Å². The van der Waals surface area contributed by atoms with E-state index in [1.165, 1.54) is 0 Å².